The van der Waals surface area contributed by atoms with Crippen LogP contribution in [0.15, 0.2) is 0 Å². The molecule has 100 valence electrons. The highest BCUT2D eigenvalue weighted by atomic mass is 16.2. The van der Waals surface area contributed by atoms with Crippen molar-refractivity contribution in [1.82, 2.24) is 0 Å². The van der Waals surface area contributed by atoms with Crippen LogP contribution in [0.2, 0.25) is 0 Å². The summed E-state index contributed by atoms with van der Waals surface area (Å²) in [5.41, 5.74) is 0. The topological polar surface area (TPSA) is 241 Å². The van der Waals surface area contributed by atoms with Crippen LogP contribution in [0.25, 0.3) is 0 Å². The van der Waals surface area contributed by atoms with Crippen LogP contribution in [0.1, 0.15) is 32.6 Å². The van der Waals surface area contributed by atoms with Gasteiger partial charge in [0.25, 0.3) is 0 Å². The predicted molar refractivity (Wildman–Crippen MR) is 56.5 cm³/mol. The van der Waals surface area contributed by atoms with E-state index in [1.165, 1.54) is 19.3 Å². The quantitative estimate of drug-likeness (QED) is 0.462. The zero-order chi connectivity index (χ0) is 5.54. The summed E-state index contributed by atoms with van der Waals surface area (Å²) in [5.74, 6) is 0. The van der Waals surface area contributed by atoms with E-state index in [4.69, 9.17) is 5.11 Å². The third-order valence-electron chi connectivity index (χ3n) is 1.01. The van der Waals surface area contributed by atoms with E-state index in [9.17, 15) is 0 Å². The van der Waals surface area contributed by atoms with Crippen LogP contribution in [-0.2, 0) is 0 Å². The second-order valence-electron chi connectivity index (χ2n) is 1.78. The summed E-state index contributed by atoms with van der Waals surface area (Å²) in [4.78, 5) is 0. The second kappa shape index (κ2) is 79.0. The first-order valence-electron chi connectivity index (χ1n) is 3.02. The fourth-order valence-corrected chi connectivity index (χ4v) is 0.539. The van der Waals surface area contributed by atoms with Crippen molar-refractivity contribution in [2.45, 2.75) is 32.6 Å². The Morgan fingerprint density at radius 2 is 1.00 bits per heavy atom. The number of aliphatic hydroxyl groups is 1. The lowest BCUT2D eigenvalue weighted by Gasteiger charge is -1.90. The highest BCUT2D eigenvalue weighted by molar-refractivity contribution is 4.35. The van der Waals surface area contributed by atoms with E-state index in [1.54, 1.807) is 0 Å². The number of rotatable bonds is 4. The Labute approximate surface area is 83.7 Å². The number of aliphatic hydroxyl groups excluding tert-OH is 1. The van der Waals surface area contributed by atoms with Gasteiger partial charge >= 0.3 is 0 Å². The van der Waals surface area contributed by atoms with Gasteiger partial charge in [0.2, 0.25) is 0 Å². The molecule has 0 aromatic carbocycles. The summed E-state index contributed by atoms with van der Waals surface area (Å²) in [6.07, 6.45) is 4.68. The minimum atomic E-state index is 0. The number of hydrogen-bond donors (Lipinski definition) is 1. The van der Waals surface area contributed by atoms with Crippen LogP contribution < -0.4 is 0 Å². The maximum absolute atomic E-state index is 8.29. The first kappa shape index (κ1) is 68.2. The van der Waals surface area contributed by atoms with E-state index in [2.05, 4.69) is 6.92 Å². The van der Waals surface area contributed by atoms with E-state index >= 15 is 0 Å². The largest absolute Gasteiger partial charge is 0.412 e. The Balaban J connectivity index is -0.00000000857. The molecule has 8 nitrogen and oxygen atoms in total. The fourth-order valence-electron chi connectivity index (χ4n) is 0.539. The molecule has 0 aliphatic rings. The summed E-state index contributed by atoms with van der Waals surface area (Å²) in [6.45, 7) is 2.53. The molecular formula is C6H28O8. The average molecular weight is 228 g/mol. The summed E-state index contributed by atoms with van der Waals surface area (Å²) >= 11 is 0. The molecule has 0 radical (unpaired) electrons. The average Bonchev–Trinajstić information content (AvgIpc) is 1.69. The van der Waals surface area contributed by atoms with Crippen LogP contribution in [0.3, 0.4) is 0 Å². The zero-order valence-corrected chi connectivity index (χ0v) is 8.48. The van der Waals surface area contributed by atoms with Crippen molar-refractivity contribution in [2.24, 2.45) is 0 Å². The Morgan fingerprint density at radius 3 is 1.21 bits per heavy atom. The molecule has 0 aliphatic heterocycles. The summed E-state index contributed by atoms with van der Waals surface area (Å²) in [7, 11) is 0. The van der Waals surface area contributed by atoms with Crippen LogP contribution in [-0.4, -0.2) is 50.0 Å². The van der Waals surface area contributed by atoms with Gasteiger partial charge in [0.05, 0.1) is 0 Å². The number of unbranched alkanes of at least 4 members (excludes halogenated alkanes) is 3. The highest BCUT2D eigenvalue weighted by Gasteiger charge is 1.80. The Kier molecular flexibility index (Phi) is 385. The van der Waals surface area contributed by atoms with Crippen molar-refractivity contribution in [3.63, 3.8) is 0 Å². The molecule has 0 saturated carbocycles. The van der Waals surface area contributed by atoms with E-state index in [0.29, 0.717) is 6.61 Å². The third kappa shape index (κ3) is 98.4. The Bertz CT molecular complexity index is 33.0. The molecular weight excluding hydrogens is 200 g/mol. The molecule has 0 aromatic heterocycles. The molecule has 0 bridgehead atoms. The monoisotopic (exact) mass is 228 g/mol. The van der Waals surface area contributed by atoms with E-state index in [0.717, 1.165) is 6.42 Å². The van der Waals surface area contributed by atoms with Gasteiger partial charge in [-0.05, 0) is 6.42 Å². The summed E-state index contributed by atoms with van der Waals surface area (Å²) < 4.78 is 0. The van der Waals surface area contributed by atoms with Crippen molar-refractivity contribution in [3.8, 4) is 0 Å². The smallest absolute Gasteiger partial charge is 0.0431 e. The standard InChI is InChI=1S/C6H14O.7H2O/c1-2-3-4-5-6-7;;;;;;;/h7H,2-6H2,1H3;7*1H2. The lowest BCUT2D eigenvalue weighted by Crippen LogP contribution is -1.80. The van der Waals surface area contributed by atoms with Crippen molar-refractivity contribution >= 4 is 0 Å². The zero-order valence-electron chi connectivity index (χ0n) is 8.48. The van der Waals surface area contributed by atoms with Gasteiger partial charge in [-0.1, -0.05) is 26.2 Å². The normalized spacial score (nSPS) is 4.71. The van der Waals surface area contributed by atoms with Gasteiger partial charge in [-0.15, -0.1) is 0 Å². The van der Waals surface area contributed by atoms with Gasteiger partial charge in [-0.2, -0.15) is 0 Å². The molecule has 0 saturated heterocycles. The molecule has 14 heavy (non-hydrogen) atoms. The lowest BCUT2D eigenvalue weighted by atomic mass is 10.2. The number of hydrogen-bond acceptors (Lipinski definition) is 1. The summed E-state index contributed by atoms with van der Waals surface area (Å²) in [6, 6.07) is 0. The minimum absolute atomic E-state index is 0. The predicted octanol–water partition coefficient (Wildman–Crippen LogP) is -4.21. The Hall–Kier alpha value is -0.320. The maximum atomic E-state index is 8.29. The van der Waals surface area contributed by atoms with E-state index in [-0.39, 0.29) is 38.3 Å². The van der Waals surface area contributed by atoms with Gasteiger partial charge < -0.3 is 43.4 Å². The molecule has 0 spiro atoms. The highest BCUT2D eigenvalue weighted by Crippen LogP contribution is 1.95. The van der Waals surface area contributed by atoms with Gasteiger partial charge in [-0.25, -0.2) is 0 Å². The van der Waals surface area contributed by atoms with Gasteiger partial charge in [-0.3, -0.25) is 0 Å². The first-order valence-corrected chi connectivity index (χ1v) is 3.02. The fraction of sp³-hybridized carbons (Fsp3) is 1.00. The molecule has 0 atom stereocenters. The van der Waals surface area contributed by atoms with Crippen molar-refractivity contribution in [2.75, 3.05) is 6.61 Å². The maximum Gasteiger partial charge on any atom is 0.0431 e. The van der Waals surface area contributed by atoms with Crippen LogP contribution in [0, 0.1) is 0 Å². The van der Waals surface area contributed by atoms with Gasteiger partial charge in [0.15, 0.2) is 0 Å². The minimum Gasteiger partial charge on any atom is -0.412 e. The van der Waals surface area contributed by atoms with Gasteiger partial charge in [0, 0.05) is 6.61 Å². The van der Waals surface area contributed by atoms with Crippen molar-refractivity contribution in [3.05, 3.63) is 0 Å². The van der Waals surface area contributed by atoms with Crippen molar-refractivity contribution in [1.29, 1.82) is 0 Å². The third-order valence-corrected chi connectivity index (χ3v) is 1.01. The molecule has 0 amide bonds. The second-order valence-corrected chi connectivity index (χ2v) is 1.78. The van der Waals surface area contributed by atoms with Gasteiger partial charge in [0.1, 0.15) is 0 Å². The van der Waals surface area contributed by atoms with Crippen LogP contribution in [0.4, 0.5) is 0 Å². The van der Waals surface area contributed by atoms with Crippen LogP contribution in [0.5, 0.6) is 0 Å². The molecule has 8 heteroatoms. The summed E-state index contributed by atoms with van der Waals surface area (Å²) in [5, 5.41) is 8.29. The van der Waals surface area contributed by atoms with Crippen LogP contribution >= 0.6 is 0 Å². The molecule has 0 rings (SSSR count). The molecule has 0 aliphatic carbocycles. The molecule has 0 aromatic rings. The molecule has 0 fully saturated rings. The molecule has 0 heterocycles. The lowest BCUT2D eigenvalue weighted by molar-refractivity contribution is 0.283. The Morgan fingerprint density at radius 1 is 0.643 bits per heavy atom. The molecule has 15 N–H and O–H groups in total. The SMILES string of the molecule is CCCCCCO.O.O.O.O.O.O.O. The molecule has 0 unspecified atom stereocenters. The van der Waals surface area contributed by atoms with E-state index < -0.39 is 0 Å². The van der Waals surface area contributed by atoms with Crippen molar-refractivity contribution < 1.29 is 43.4 Å². The van der Waals surface area contributed by atoms with E-state index in [1.807, 2.05) is 0 Å². The first-order chi connectivity index (χ1) is 3.41.